The van der Waals surface area contributed by atoms with E-state index in [2.05, 4.69) is 4.99 Å². The molecule has 0 aliphatic heterocycles. The number of carbonyl (C=O) groups excluding carboxylic acids is 1. The predicted molar refractivity (Wildman–Crippen MR) is 44.2 cm³/mol. The average molecular weight is 170 g/mol. The second-order valence-electron chi connectivity index (χ2n) is 2.16. The maximum absolute atomic E-state index is 10.9. The number of carbonyl (C=O) groups is 1. The zero-order valence-electron chi connectivity index (χ0n) is 6.57. The molecule has 1 amide bonds. The van der Waals surface area contributed by atoms with Gasteiger partial charge in [0.2, 0.25) is 5.91 Å². The zero-order chi connectivity index (χ0) is 8.27. The van der Waals surface area contributed by atoms with Gasteiger partial charge in [0.25, 0.3) is 0 Å². The molecule has 0 atom stereocenters. The third-order valence-electron chi connectivity index (χ3n) is 1.28. The summed E-state index contributed by atoms with van der Waals surface area (Å²) in [5.74, 6) is -0.0666. The lowest BCUT2D eigenvalue weighted by Gasteiger charge is -1.87. The monoisotopic (exact) mass is 170 g/mol. The van der Waals surface area contributed by atoms with Gasteiger partial charge in [0.15, 0.2) is 4.80 Å². The van der Waals surface area contributed by atoms with E-state index in [9.17, 15) is 4.79 Å². The molecule has 0 radical (unpaired) electrons. The Hall–Kier alpha value is -0.900. The van der Waals surface area contributed by atoms with Gasteiger partial charge in [0.1, 0.15) is 0 Å². The highest BCUT2D eigenvalue weighted by atomic mass is 32.1. The van der Waals surface area contributed by atoms with Crippen molar-refractivity contribution >= 4 is 17.2 Å². The van der Waals surface area contributed by atoms with Crippen LogP contribution in [0, 0.1) is 0 Å². The van der Waals surface area contributed by atoms with Crippen molar-refractivity contribution in [1.82, 2.24) is 4.57 Å². The number of rotatable bonds is 1. The molecule has 0 unspecified atom stereocenters. The van der Waals surface area contributed by atoms with Gasteiger partial charge in [-0.15, -0.1) is 11.3 Å². The van der Waals surface area contributed by atoms with Crippen molar-refractivity contribution in [1.29, 1.82) is 0 Å². The fourth-order valence-electron chi connectivity index (χ4n) is 0.620. The van der Waals surface area contributed by atoms with E-state index in [0.717, 1.165) is 4.80 Å². The molecule has 11 heavy (non-hydrogen) atoms. The molecule has 0 saturated heterocycles. The fraction of sp³-hybridized carbons (Fsp3) is 0.429. The van der Waals surface area contributed by atoms with Gasteiger partial charge in [-0.2, -0.15) is 4.99 Å². The van der Waals surface area contributed by atoms with Gasteiger partial charge in [-0.1, -0.05) is 6.92 Å². The van der Waals surface area contributed by atoms with Crippen molar-refractivity contribution < 1.29 is 4.79 Å². The van der Waals surface area contributed by atoms with Gasteiger partial charge in [0, 0.05) is 25.0 Å². The summed E-state index contributed by atoms with van der Waals surface area (Å²) in [5, 5.41) is 1.90. The maximum atomic E-state index is 10.9. The highest BCUT2D eigenvalue weighted by molar-refractivity contribution is 7.07. The number of aromatic nitrogens is 1. The third kappa shape index (κ3) is 2.01. The Morgan fingerprint density at radius 1 is 1.82 bits per heavy atom. The van der Waals surface area contributed by atoms with E-state index in [1.54, 1.807) is 6.92 Å². The molecule has 3 nitrogen and oxygen atoms in total. The summed E-state index contributed by atoms with van der Waals surface area (Å²) in [6.07, 6.45) is 2.35. The second kappa shape index (κ2) is 3.48. The molecule has 1 rings (SSSR count). The molecule has 60 valence electrons. The molecule has 1 heterocycles. The smallest absolute Gasteiger partial charge is 0.248 e. The van der Waals surface area contributed by atoms with E-state index in [1.807, 2.05) is 23.2 Å². The van der Waals surface area contributed by atoms with Crippen LogP contribution in [0.3, 0.4) is 0 Å². The predicted octanol–water partition coefficient (Wildman–Crippen LogP) is 0.924. The van der Waals surface area contributed by atoms with Crippen molar-refractivity contribution in [2.45, 2.75) is 13.3 Å². The minimum atomic E-state index is -0.0666. The molecule has 0 aliphatic rings. The number of hydrogen-bond donors (Lipinski definition) is 0. The van der Waals surface area contributed by atoms with E-state index in [4.69, 9.17) is 0 Å². The molecule has 0 bridgehead atoms. The van der Waals surface area contributed by atoms with E-state index in [0.29, 0.717) is 6.42 Å². The normalized spacial score (nSPS) is 12.0. The van der Waals surface area contributed by atoms with Gasteiger partial charge >= 0.3 is 0 Å². The molecule has 0 N–H and O–H groups in total. The Balaban J connectivity index is 3.00. The number of nitrogens with zero attached hydrogens (tertiary/aromatic N) is 2. The Bertz CT molecular complexity index is 310. The lowest BCUT2D eigenvalue weighted by molar-refractivity contribution is -0.117. The average Bonchev–Trinajstić information content (AvgIpc) is 2.37. The van der Waals surface area contributed by atoms with Crippen molar-refractivity contribution in [2.75, 3.05) is 0 Å². The summed E-state index contributed by atoms with van der Waals surface area (Å²) < 4.78 is 1.83. The largest absolute Gasteiger partial charge is 0.327 e. The second-order valence-corrected chi connectivity index (χ2v) is 3.03. The van der Waals surface area contributed by atoms with Gasteiger partial charge < -0.3 is 4.57 Å². The first-order valence-corrected chi connectivity index (χ1v) is 4.29. The van der Waals surface area contributed by atoms with Gasteiger partial charge in [-0.3, -0.25) is 4.79 Å². The maximum Gasteiger partial charge on any atom is 0.248 e. The third-order valence-corrected chi connectivity index (χ3v) is 2.13. The standard InChI is InChI=1S/C7H10N2OS/c1-3-6(10)8-7-9(2)4-5-11-7/h4-5H,3H2,1-2H3/b8-7-. The molecule has 0 fully saturated rings. The molecular formula is C7H10N2OS. The van der Waals surface area contributed by atoms with Crippen LogP contribution in [0.5, 0.6) is 0 Å². The van der Waals surface area contributed by atoms with E-state index < -0.39 is 0 Å². The number of amides is 1. The van der Waals surface area contributed by atoms with Crippen LogP contribution >= 0.6 is 11.3 Å². The zero-order valence-corrected chi connectivity index (χ0v) is 7.39. The minimum absolute atomic E-state index is 0.0666. The molecule has 0 aliphatic carbocycles. The number of aryl methyl sites for hydroxylation is 1. The lowest BCUT2D eigenvalue weighted by Crippen LogP contribution is -2.11. The molecule has 0 spiro atoms. The molecule has 1 aromatic heterocycles. The van der Waals surface area contributed by atoms with Gasteiger partial charge in [-0.25, -0.2) is 0 Å². The topological polar surface area (TPSA) is 34.4 Å². The number of thiazole rings is 1. The van der Waals surface area contributed by atoms with E-state index in [1.165, 1.54) is 11.3 Å². The van der Waals surface area contributed by atoms with Crippen LogP contribution in [0.4, 0.5) is 0 Å². The SMILES string of the molecule is CCC(=O)/N=c1\sccn1C. The van der Waals surface area contributed by atoms with Crippen molar-refractivity contribution in [3.63, 3.8) is 0 Å². The van der Waals surface area contributed by atoms with Crippen LogP contribution < -0.4 is 4.80 Å². The van der Waals surface area contributed by atoms with Crippen molar-refractivity contribution in [3.8, 4) is 0 Å². The first kappa shape index (κ1) is 8.20. The highest BCUT2D eigenvalue weighted by Crippen LogP contribution is 1.87. The summed E-state index contributed by atoms with van der Waals surface area (Å²) in [6, 6.07) is 0. The molecule has 0 aromatic carbocycles. The Morgan fingerprint density at radius 3 is 3.00 bits per heavy atom. The highest BCUT2D eigenvalue weighted by Gasteiger charge is 1.93. The van der Waals surface area contributed by atoms with Crippen LogP contribution in [0.2, 0.25) is 0 Å². The number of hydrogen-bond acceptors (Lipinski definition) is 2. The quantitative estimate of drug-likeness (QED) is 0.617. The summed E-state index contributed by atoms with van der Waals surface area (Å²) >= 11 is 1.47. The Kier molecular flexibility index (Phi) is 2.59. The van der Waals surface area contributed by atoms with Crippen molar-refractivity contribution in [2.24, 2.45) is 12.0 Å². The summed E-state index contributed by atoms with van der Waals surface area (Å²) in [7, 11) is 1.87. The fourth-order valence-corrected chi connectivity index (χ4v) is 1.37. The van der Waals surface area contributed by atoms with Crippen LogP contribution in [0.1, 0.15) is 13.3 Å². The Morgan fingerprint density at radius 2 is 2.55 bits per heavy atom. The van der Waals surface area contributed by atoms with Gasteiger partial charge in [0.05, 0.1) is 0 Å². The van der Waals surface area contributed by atoms with E-state index >= 15 is 0 Å². The van der Waals surface area contributed by atoms with E-state index in [-0.39, 0.29) is 5.91 Å². The van der Waals surface area contributed by atoms with Gasteiger partial charge in [-0.05, 0) is 0 Å². The van der Waals surface area contributed by atoms with Crippen LogP contribution in [-0.2, 0) is 11.8 Å². The molecule has 0 saturated carbocycles. The van der Waals surface area contributed by atoms with Crippen LogP contribution in [0.15, 0.2) is 16.6 Å². The minimum Gasteiger partial charge on any atom is -0.327 e. The summed E-state index contributed by atoms with van der Waals surface area (Å²) in [6.45, 7) is 1.80. The first-order valence-electron chi connectivity index (χ1n) is 3.41. The van der Waals surface area contributed by atoms with Crippen LogP contribution in [-0.4, -0.2) is 10.5 Å². The van der Waals surface area contributed by atoms with Crippen LogP contribution in [0.25, 0.3) is 0 Å². The lowest BCUT2D eigenvalue weighted by atomic mass is 10.5. The Labute approximate surface area is 69.0 Å². The molecule has 4 heteroatoms. The summed E-state index contributed by atoms with van der Waals surface area (Å²) in [5.41, 5.74) is 0. The molecular weight excluding hydrogens is 160 g/mol. The summed E-state index contributed by atoms with van der Waals surface area (Å²) in [4.78, 5) is 15.5. The molecule has 1 aromatic rings. The van der Waals surface area contributed by atoms with Crippen molar-refractivity contribution in [3.05, 3.63) is 16.4 Å². The first-order chi connectivity index (χ1) is 5.24.